The van der Waals surface area contributed by atoms with Gasteiger partial charge >= 0.3 is 0 Å². The Morgan fingerprint density at radius 2 is 1.26 bits per heavy atom. The number of rotatable bonds is 0. The molecule has 0 fully saturated rings. The van der Waals surface area contributed by atoms with Crippen molar-refractivity contribution < 1.29 is 0 Å². The second-order valence-electron chi connectivity index (χ2n) is 10.9. The van der Waals surface area contributed by atoms with Crippen molar-refractivity contribution in [3.05, 3.63) is 104 Å². The first-order valence-corrected chi connectivity index (χ1v) is 13.4. The van der Waals surface area contributed by atoms with Gasteiger partial charge in [0.15, 0.2) is 0 Å². The summed E-state index contributed by atoms with van der Waals surface area (Å²) >= 11 is 7.64. The highest BCUT2D eigenvalue weighted by atomic mass is 79.9. The predicted octanol–water partition coefficient (Wildman–Crippen LogP) is 10.1. The van der Waals surface area contributed by atoms with Crippen LogP contribution < -0.4 is 0 Å². The summed E-state index contributed by atoms with van der Waals surface area (Å²) < 4.78 is 2.32. The van der Waals surface area contributed by atoms with E-state index in [0.717, 1.165) is 4.47 Å². The fraction of sp³-hybridized carbons (Fsp3) is 0.188. The zero-order valence-electron chi connectivity index (χ0n) is 19.7. The van der Waals surface area contributed by atoms with Gasteiger partial charge in [-0.15, -0.1) is 0 Å². The molecule has 0 saturated heterocycles. The lowest BCUT2D eigenvalue weighted by Crippen LogP contribution is -2.18. The molecule has 0 saturated carbocycles. The third-order valence-corrected chi connectivity index (χ3v) is 9.52. The summed E-state index contributed by atoms with van der Waals surface area (Å²) in [6.07, 6.45) is 0. The van der Waals surface area contributed by atoms with Gasteiger partial charge in [-0.1, -0.05) is 108 Å². The Labute approximate surface area is 217 Å². The first-order valence-electron chi connectivity index (χ1n) is 11.8. The Kier molecular flexibility index (Phi) is 4.07. The molecule has 0 heterocycles. The lowest BCUT2D eigenvalue weighted by molar-refractivity contribution is 0.639. The van der Waals surface area contributed by atoms with Crippen LogP contribution in [-0.2, 0) is 10.8 Å². The van der Waals surface area contributed by atoms with E-state index in [9.17, 15) is 0 Å². The zero-order valence-corrected chi connectivity index (χ0v) is 22.9. The average molecular weight is 568 g/mol. The van der Waals surface area contributed by atoms with Crippen LogP contribution in [0.5, 0.6) is 0 Å². The van der Waals surface area contributed by atoms with E-state index in [1.165, 1.54) is 70.5 Å². The van der Waals surface area contributed by atoms with Gasteiger partial charge in [-0.25, -0.2) is 0 Å². The summed E-state index contributed by atoms with van der Waals surface area (Å²) in [6, 6.07) is 27.5. The molecule has 2 aliphatic carbocycles. The lowest BCUT2D eigenvalue weighted by Gasteiger charge is -2.26. The Morgan fingerprint density at radius 1 is 0.559 bits per heavy atom. The van der Waals surface area contributed by atoms with Gasteiger partial charge in [-0.3, -0.25) is 0 Å². The molecule has 0 N–H and O–H groups in total. The Balaban J connectivity index is 1.65. The molecular weight excluding hydrogens is 544 g/mol. The van der Waals surface area contributed by atoms with Crippen molar-refractivity contribution in [3.8, 4) is 22.3 Å². The van der Waals surface area contributed by atoms with E-state index in [4.69, 9.17) is 0 Å². The average Bonchev–Trinajstić information content (AvgIpc) is 3.17. The van der Waals surface area contributed by atoms with Gasteiger partial charge < -0.3 is 0 Å². The minimum Gasteiger partial charge on any atom is -0.0616 e. The first-order chi connectivity index (χ1) is 16.2. The van der Waals surface area contributed by atoms with Crippen molar-refractivity contribution >= 4 is 53.4 Å². The second-order valence-corrected chi connectivity index (χ2v) is 12.6. The van der Waals surface area contributed by atoms with Gasteiger partial charge in [0.25, 0.3) is 0 Å². The van der Waals surface area contributed by atoms with Crippen molar-refractivity contribution in [3.63, 3.8) is 0 Å². The molecule has 0 unspecified atom stereocenters. The van der Waals surface area contributed by atoms with Crippen LogP contribution in [0.1, 0.15) is 49.9 Å². The van der Waals surface area contributed by atoms with E-state index in [1.807, 2.05) is 0 Å². The maximum Gasteiger partial charge on any atom is 0.0257 e. The molecule has 2 heteroatoms. The van der Waals surface area contributed by atoms with E-state index >= 15 is 0 Å². The summed E-state index contributed by atoms with van der Waals surface area (Å²) in [5, 5.41) is 5.26. The van der Waals surface area contributed by atoms with Crippen LogP contribution in [-0.4, -0.2) is 0 Å². The molecule has 166 valence electrons. The minimum absolute atomic E-state index is 0.0241. The highest BCUT2D eigenvalue weighted by Crippen LogP contribution is 2.58. The first kappa shape index (κ1) is 20.9. The fourth-order valence-corrected chi connectivity index (χ4v) is 7.47. The van der Waals surface area contributed by atoms with Crippen LogP contribution in [0.15, 0.2) is 81.7 Å². The smallest absolute Gasteiger partial charge is 0.0257 e. The van der Waals surface area contributed by atoms with Crippen LogP contribution in [0.25, 0.3) is 43.8 Å². The van der Waals surface area contributed by atoms with E-state index in [1.54, 1.807) is 0 Å². The molecule has 0 aromatic heterocycles. The molecule has 34 heavy (non-hydrogen) atoms. The summed E-state index contributed by atoms with van der Waals surface area (Å²) in [6.45, 7) is 9.51. The highest BCUT2D eigenvalue weighted by molar-refractivity contribution is 9.11. The monoisotopic (exact) mass is 566 g/mol. The van der Waals surface area contributed by atoms with Gasteiger partial charge in [0.1, 0.15) is 0 Å². The molecule has 0 aliphatic heterocycles. The van der Waals surface area contributed by atoms with Crippen LogP contribution in [0.3, 0.4) is 0 Å². The summed E-state index contributed by atoms with van der Waals surface area (Å²) in [4.78, 5) is 0. The maximum absolute atomic E-state index is 3.93. The largest absolute Gasteiger partial charge is 0.0616 e. The molecule has 0 radical (unpaired) electrons. The lowest BCUT2D eigenvalue weighted by atomic mass is 9.77. The van der Waals surface area contributed by atoms with Crippen molar-refractivity contribution in [1.82, 2.24) is 0 Å². The van der Waals surface area contributed by atoms with Crippen LogP contribution in [0, 0.1) is 0 Å². The molecule has 0 amide bonds. The molecular formula is C32H24Br2. The predicted molar refractivity (Wildman–Crippen MR) is 152 cm³/mol. The maximum atomic E-state index is 3.93. The molecule has 0 nitrogen and oxygen atoms in total. The molecule has 0 bridgehead atoms. The van der Waals surface area contributed by atoms with Crippen molar-refractivity contribution in [2.75, 3.05) is 0 Å². The van der Waals surface area contributed by atoms with Gasteiger partial charge in [-0.05, 0) is 90.3 Å². The third-order valence-electron chi connectivity index (χ3n) is 8.37. The standard InChI is InChI=1S/C32H24Br2/c1-31(2)24-13-18(33)10-12-20(24)22-14-23-26(15-25(22)31)32(3,4)27-16-28(34)21-11-9-17-7-5-6-8-19(17)29(21)30(23)27/h5-16H,1-4H3. The van der Waals surface area contributed by atoms with Crippen LogP contribution in [0.2, 0.25) is 0 Å². The van der Waals surface area contributed by atoms with Gasteiger partial charge in [-0.2, -0.15) is 0 Å². The Hall–Kier alpha value is -2.42. The Morgan fingerprint density at radius 3 is 2.09 bits per heavy atom. The van der Waals surface area contributed by atoms with Gasteiger partial charge in [0, 0.05) is 19.8 Å². The number of hydrogen-bond donors (Lipinski definition) is 0. The number of benzene rings is 5. The summed E-state index contributed by atoms with van der Waals surface area (Å²) in [5.74, 6) is 0. The Bertz CT molecular complexity index is 1720. The molecule has 0 spiro atoms. The second kappa shape index (κ2) is 6.62. The van der Waals surface area contributed by atoms with E-state index in [2.05, 4.69) is 132 Å². The van der Waals surface area contributed by atoms with Crippen molar-refractivity contribution in [1.29, 1.82) is 0 Å². The molecule has 5 aromatic carbocycles. The quantitative estimate of drug-likeness (QED) is 0.163. The topological polar surface area (TPSA) is 0 Å². The molecule has 5 aromatic rings. The number of halogens is 2. The van der Waals surface area contributed by atoms with Crippen LogP contribution >= 0.6 is 31.9 Å². The molecule has 0 atom stereocenters. The van der Waals surface area contributed by atoms with Crippen molar-refractivity contribution in [2.45, 2.75) is 38.5 Å². The number of hydrogen-bond acceptors (Lipinski definition) is 0. The summed E-state index contributed by atoms with van der Waals surface area (Å²) in [5.41, 5.74) is 11.1. The zero-order chi connectivity index (χ0) is 23.6. The number of fused-ring (bicyclic) bond motifs is 10. The third kappa shape index (κ3) is 2.49. The van der Waals surface area contributed by atoms with E-state index in [-0.39, 0.29) is 10.8 Å². The van der Waals surface area contributed by atoms with E-state index in [0.29, 0.717) is 0 Å². The van der Waals surface area contributed by atoms with Gasteiger partial charge in [0.2, 0.25) is 0 Å². The van der Waals surface area contributed by atoms with Crippen LogP contribution in [0.4, 0.5) is 0 Å². The normalized spacial score (nSPS) is 16.4. The fourth-order valence-electron chi connectivity index (χ4n) is 6.55. The van der Waals surface area contributed by atoms with Crippen molar-refractivity contribution in [2.24, 2.45) is 0 Å². The molecule has 2 aliphatic rings. The SMILES string of the molecule is CC1(C)c2cc(Br)ccc2-c2cc3c(cc21)C(C)(C)c1cc(Br)c2ccc4ccccc4c2c1-3. The highest BCUT2D eigenvalue weighted by Gasteiger charge is 2.42. The minimum atomic E-state index is -0.0706. The molecule has 7 rings (SSSR count). The van der Waals surface area contributed by atoms with Gasteiger partial charge in [0.05, 0.1) is 0 Å². The van der Waals surface area contributed by atoms with E-state index < -0.39 is 0 Å². The summed E-state index contributed by atoms with van der Waals surface area (Å²) in [7, 11) is 0.